The molecule has 1 aliphatic carbocycles. The van der Waals surface area contributed by atoms with Crippen LogP contribution in [-0.4, -0.2) is 149 Å². The van der Waals surface area contributed by atoms with Crippen LogP contribution in [0, 0.1) is 5.41 Å². The Morgan fingerprint density at radius 3 is 1.90 bits per heavy atom. The fraction of sp³-hybridized carbons (Fsp3) is 0.257. The van der Waals surface area contributed by atoms with Crippen LogP contribution in [0.15, 0.2) is 62.7 Å². The number of aromatic carboxylic acids is 1. The van der Waals surface area contributed by atoms with Gasteiger partial charge in [-0.3, -0.25) is 43.0 Å². The fourth-order valence-electron chi connectivity index (χ4n) is 6.96. The number of sulfonamides is 2. The van der Waals surface area contributed by atoms with Gasteiger partial charge in [0.15, 0.2) is 16.2 Å². The molecule has 1 fully saturated rings. The monoisotopic (exact) mass is 1080 g/mol. The molecule has 0 spiro atoms. The van der Waals surface area contributed by atoms with Crippen molar-refractivity contribution in [3.63, 3.8) is 0 Å². The number of hydroxylamine groups is 2. The number of imide groups is 1. The molecule has 35 heteroatoms. The van der Waals surface area contributed by atoms with Crippen molar-refractivity contribution >= 4 is 103 Å². The number of benzene rings is 3. The highest BCUT2D eigenvalue weighted by Gasteiger charge is 2.42. The van der Waals surface area contributed by atoms with Crippen molar-refractivity contribution in [3.05, 3.63) is 65.0 Å². The van der Waals surface area contributed by atoms with Crippen LogP contribution in [0.3, 0.4) is 0 Å². The Labute approximate surface area is 392 Å². The number of para-hydroxylation sites is 1. The average molecular weight is 1080 g/mol. The standard InChI is InChI=1S/C35H33N7O23S5/c36-19-8-7-16-25(26-17(34(48)49)4-1-5-18(26)35(50)65-42-23(43)9-10-24(42)44)15-3-2-6-22-27(15)64-28(16)29(19)69(59,60)38-12-11-37-30(45)20(13-66(51,52)53)39-31(46)21(14-67(54,55)56)40-32(47)33(70(61,62)63)41-68(22,57)58/h1-8,20-21,33,36,38,41H,9-14H2,(H,37,45)(H,39,46)(H,40,47)(H,48,49)(H,51,52,53)(H,54,55,56)(H,61,62,63). The van der Waals surface area contributed by atoms with E-state index in [-0.39, 0.29) is 5.06 Å². The number of carbonyl (C=O) groups excluding carboxylic acids is 6. The van der Waals surface area contributed by atoms with Crippen LogP contribution in [0.5, 0.6) is 0 Å². The lowest BCUT2D eigenvalue weighted by atomic mass is 9.87. The number of rotatable bonds is 9. The summed E-state index contributed by atoms with van der Waals surface area (Å²) in [5, 5.41) is 19.2. The summed E-state index contributed by atoms with van der Waals surface area (Å²) in [6.45, 7) is -1.75. The molecule has 3 aliphatic heterocycles. The van der Waals surface area contributed by atoms with Gasteiger partial charge in [0.05, 0.1) is 16.5 Å². The van der Waals surface area contributed by atoms with Gasteiger partial charge in [-0.05, 0) is 30.3 Å². The maximum atomic E-state index is 14.4. The molecule has 3 atom stereocenters. The molecule has 2 aromatic rings. The highest BCUT2D eigenvalue weighted by molar-refractivity contribution is 7.92. The lowest BCUT2D eigenvalue weighted by Crippen LogP contribution is -2.60. The molecule has 1 saturated heterocycles. The Morgan fingerprint density at radius 1 is 0.743 bits per heavy atom. The third-order valence-corrected chi connectivity index (χ3v) is 15.4. The van der Waals surface area contributed by atoms with Gasteiger partial charge in [-0.25, -0.2) is 31.1 Å². The molecular formula is C35H33N7O23S5. The molecule has 0 radical (unpaired) electrons. The molecule has 4 aliphatic rings. The Hall–Kier alpha value is -6.83. The quantitative estimate of drug-likeness (QED) is 0.0437. The number of hydrogen-bond acceptors (Lipinski definition) is 20. The zero-order valence-electron chi connectivity index (χ0n) is 34.6. The molecule has 0 saturated carbocycles. The van der Waals surface area contributed by atoms with E-state index >= 15 is 0 Å². The van der Waals surface area contributed by atoms with E-state index in [1.54, 1.807) is 5.32 Å². The van der Waals surface area contributed by atoms with Gasteiger partial charge in [0.1, 0.15) is 28.5 Å². The first-order chi connectivity index (χ1) is 32.3. The summed E-state index contributed by atoms with van der Waals surface area (Å²) in [6, 6.07) is 1.84. The predicted molar refractivity (Wildman–Crippen MR) is 228 cm³/mol. The molecule has 2 bridgehead atoms. The second-order valence-electron chi connectivity index (χ2n) is 14.7. The van der Waals surface area contributed by atoms with Gasteiger partial charge in [-0.15, -0.1) is 5.06 Å². The van der Waals surface area contributed by atoms with Crippen LogP contribution in [0.4, 0.5) is 0 Å². The smallest absolute Gasteiger partial charge is 0.364 e. The van der Waals surface area contributed by atoms with E-state index in [4.69, 9.17) is 14.7 Å². The summed E-state index contributed by atoms with van der Waals surface area (Å²) >= 11 is 0. The molecule has 3 heterocycles. The van der Waals surface area contributed by atoms with E-state index < -0.39 is 206 Å². The topological polar surface area (TPSA) is 481 Å². The van der Waals surface area contributed by atoms with Crippen LogP contribution in [0.1, 0.15) is 33.6 Å². The van der Waals surface area contributed by atoms with Crippen molar-refractivity contribution in [1.82, 2.24) is 30.5 Å². The lowest BCUT2D eigenvalue weighted by Gasteiger charge is -2.24. The van der Waals surface area contributed by atoms with E-state index in [0.29, 0.717) is 6.07 Å². The van der Waals surface area contributed by atoms with E-state index in [1.807, 2.05) is 10.0 Å². The number of carbonyl (C=O) groups is 7. The molecule has 376 valence electrons. The summed E-state index contributed by atoms with van der Waals surface area (Å²) in [6.07, 6.45) is -0.783. The normalized spacial score (nSPS) is 20.8. The summed E-state index contributed by atoms with van der Waals surface area (Å²) in [7, 11) is -27.9. The third kappa shape index (κ3) is 11.3. The number of amides is 5. The Kier molecular flexibility index (Phi) is 14.4. The molecule has 30 nitrogen and oxygen atoms in total. The molecule has 2 aromatic carbocycles. The molecule has 10 N–H and O–H groups in total. The van der Waals surface area contributed by atoms with E-state index in [2.05, 4.69) is 0 Å². The van der Waals surface area contributed by atoms with Crippen LogP contribution >= 0.6 is 0 Å². The summed E-state index contributed by atoms with van der Waals surface area (Å²) in [5.41, 5.74) is -4.63. The first-order valence-electron chi connectivity index (χ1n) is 19.1. The van der Waals surface area contributed by atoms with Crippen molar-refractivity contribution in [2.75, 3.05) is 24.6 Å². The highest BCUT2D eigenvalue weighted by atomic mass is 32.2. The molecule has 5 amide bonds. The Bertz CT molecular complexity index is 3550. The molecule has 70 heavy (non-hydrogen) atoms. The van der Waals surface area contributed by atoms with E-state index in [1.165, 1.54) is 10.0 Å². The molecular weight excluding hydrogens is 1050 g/mol. The zero-order chi connectivity index (χ0) is 52.1. The van der Waals surface area contributed by atoms with E-state index in [9.17, 15) is 94.4 Å². The fourth-order valence-corrected chi connectivity index (χ4v) is 11.9. The van der Waals surface area contributed by atoms with Crippen molar-refractivity contribution < 1.29 is 104 Å². The van der Waals surface area contributed by atoms with Crippen molar-refractivity contribution in [2.45, 2.75) is 40.1 Å². The lowest BCUT2D eigenvalue weighted by molar-refractivity contribution is -0.172. The Morgan fingerprint density at radius 2 is 1.31 bits per heavy atom. The summed E-state index contributed by atoms with van der Waals surface area (Å²) < 4.78 is 169. The van der Waals surface area contributed by atoms with Gasteiger partial charge in [0.2, 0.25) is 37.2 Å². The van der Waals surface area contributed by atoms with Gasteiger partial charge < -0.3 is 30.3 Å². The van der Waals surface area contributed by atoms with E-state index in [0.717, 1.165) is 42.5 Å². The van der Waals surface area contributed by atoms with Crippen LogP contribution in [0.25, 0.3) is 33.4 Å². The highest BCUT2D eigenvalue weighted by Crippen LogP contribution is 2.46. The molecule has 0 aromatic heterocycles. The minimum atomic E-state index is -6.13. The van der Waals surface area contributed by atoms with Gasteiger partial charge in [0.25, 0.3) is 48.1 Å². The number of hydrogen-bond donors (Lipinski definition) is 10. The SMILES string of the molecule is N=c1ccc2c(-c3c(C(=O)O)cccc3C(=O)ON3C(=O)CCC3=O)c3cccc4c3oc-2c1S(=O)(=O)NCCNC(=O)C(CS(=O)(=O)O)NC(=O)C(CS(=O)(=O)O)NC(=O)C(S(=O)(=O)O)NS4(=O)=O. The minimum absolute atomic E-state index is 0.0914. The molecule has 3 unspecified atom stereocenters. The minimum Gasteiger partial charge on any atom is -0.478 e. The second kappa shape index (κ2) is 19.2. The van der Waals surface area contributed by atoms with Gasteiger partial charge in [0, 0.05) is 48.0 Å². The number of nitrogens with zero attached hydrogens (tertiary/aromatic N) is 1. The van der Waals surface area contributed by atoms with Gasteiger partial charge in [-0.1, -0.05) is 18.2 Å². The Balaban J connectivity index is 1.68. The number of carboxylic acid groups (broad SMARTS) is 1. The third-order valence-electron chi connectivity index (χ3n) is 9.87. The molecule has 6 rings (SSSR count). The van der Waals surface area contributed by atoms with Crippen LogP contribution in [0.2, 0.25) is 0 Å². The van der Waals surface area contributed by atoms with Crippen LogP contribution in [-0.2, 0) is 79.2 Å². The zero-order valence-corrected chi connectivity index (χ0v) is 38.7. The maximum Gasteiger partial charge on any atom is 0.364 e. The largest absolute Gasteiger partial charge is 0.478 e. The first kappa shape index (κ1) is 52.5. The van der Waals surface area contributed by atoms with Gasteiger partial charge in [-0.2, -0.15) is 30.0 Å². The predicted octanol–water partition coefficient (Wildman–Crippen LogP) is -3.75. The van der Waals surface area contributed by atoms with Crippen molar-refractivity contribution in [3.8, 4) is 22.5 Å². The van der Waals surface area contributed by atoms with Crippen LogP contribution < -0.4 is 30.8 Å². The van der Waals surface area contributed by atoms with Gasteiger partial charge >= 0.3 is 11.9 Å². The van der Waals surface area contributed by atoms with Crippen molar-refractivity contribution in [1.29, 1.82) is 5.41 Å². The second-order valence-corrected chi connectivity index (χ2v) is 22.6. The first-order valence-corrected chi connectivity index (χ1v) is 26.8. The van der Waals surface area contributed by atoms with Crippen molar-refractivity contribution in [2.24, 2.45) is 0 Å². The summed E-state index contributed by atoms with van der Waals surface area (Å²) in [5.74, 6) is -15.9. The number of carboxylic acids is 1. The average Bonchev–Trinajstić information content (AvgIpc) is 3.55. The maximum absolute atomic E-state index is 14.4. The summed E-state index contributed by atoms with van der Waals surface area (Å²) in [4.78, 5) is 94.4. The number of nitrogens with one attached hydrogen (secondary N) is 6.